The molecule has 0 aliphatic heterocycles. The van der Waals surface area contributed by atoms with Gasteiger partial charge in [-0.3, -0.25) is 0 Å². The maximum absolute atomic E-state index is 5.74. The lowest BCUT2D eigenvalue weighted by atomic mass is 9.87. The summed E-state index contributed by atoms with van der Waals surface area (Å²) in [6.45, 7) is 0. The normalized spacial score (nSPS) is 11.1. The van der Waals surface area contributed by atoms with Crippen LogP contribution in [0.1, 0.15) is 68.4 Å². The molecule has 0 saturated carbocycles. The number of hydrogen-bond donors (Lipinski definition) is 0. The third-order valence-electron chi connectivity index (χ3n) is 4.67. The fourth-order valence-electron chi connectivity index (χ4n) is 3.32. The van der Waals surface area contributed by atoms with Gasteiger partial charge in [0.2, 0.25) is 0 Å². The first-order valence-corrected chi connectivity index (χ1v) is 11.6. The molecule has 0 bridgehead atoms. The van der Waals surface area contributed by atoms with Gasteiger partial charge in [0.05, 0.1) is 0 Å². The van der Waals surface area contributed by atoms with Crippen molar-refractivity contribution in [3.63, 3.8) is 0 Å². The van der Waals surface area contributed by atoms with Crippen LogP contribution in [0.3, 0.4) is 0 Å². The van der Waals surface area contributed by atoms with Crippen LogP contribution in [-0.2, 0) is 0 Å². The third-order valence-corrected chi connectivity index (χ3v) is 5.78. The molecule has 2 aromatic rings. The Labute approximate surface area is 155 Å². The summed E-state index contributed by atoms with van der Waals surface area (Å²) >= 11 is 5.74. The second-order valence-corrected chi connectivity index (χ2v) is 8.09. The maximum atomic E-state index is 5.74. The van der Waals surface area contributed by atoms with Gasteiger partial charge >= 0.3 is 0 Å². The molecule has 0 N–H and O–H groups in total. The van der Waals surface area contributed by atoms with E-state index in [4.69, 9.17) is 11.1 Å². The lowest BCUT2D eigenvalue weighted by molar-refractivity contribution is 0.558. The van der Waals surface area contributed by atoms with Crippen molar-refractivity contribution in [2.75, 3.05) is 0 Å². The van der Waals surface area contributed by atoms with Gasteiger partial charge < -0.3 is 0 Å². The highest BCUT2D eigenvalue weighted by Gasteiger charge is 2.13. The van der Waals surface area contributed by atoms with Gasteiger partial charge in [0.25, 0.3) is 0 Å². The number of unbranched alkanes of at least 4 members (excludes halogenated alkanes) is 6. The predicted molar refractivity (Wildman–Crippen MR) is 108 cm³/mol. The molecule has 0 unspecified atom stereocenters. The minimum absolute atomic E-state index is 0.539. The third kappa shape index (κ3) is 7.23. The van der Waals surface area contributed by atoms with Crippen LogP contribution in [0.2, 0.25) is 6.04 Å². The van der Waals surface area contributed by atoms with Crippen molar-refractivity contribution in [1.29, 1.82) is 0 Å². The topological polar surface area (TPSA) is 0 Å². The Hall–Kier alpha value is -1.05. The van der Waals surface area contributed by atoms with Crippen LogP contribution in [0.4, 0.5) is 0 Å². The molecule has 2 heteroatoms. The molecule has 2 rings (SSSR count). The summed E-state index contributed by atoms with van der Waals surface area (Å²) in [7, 11) is 0.611. The summed E-state index contributed by atoms with van der Waals surface area (Å²) in [5.74, 6) is 0.539. The Morgan fingerprint density at radius 2 is 1.08 bits per heavy atom. The van der Waals surface area contributed by atoms with Crippen LogP contribution < -0.4 is 0 Å². The van der Waals surface area contributed by atoms with Crippen molar-refractivity contribution < 1.29 is 0 Å². The van der Waals surface area contributed by atoms with Gasteiger partial charge in [-0.2, -0.15) is 11.1 Å². The zero-order chi connectivity index (χ0) is 16.9. The zero-order valence-electron chi connectivity index (χ0n) is 14.6. The SMILES string of the molecule is Cl[Si]CCCCCCCCCC(c1ccccc1)c1ccccc1. The second-order valence-electron chi connectivity index (χ2n) is 6.52. The van der Waals surface area contributed by atoms with E-state index in [-0.39, 0.29) is 0 Å². The highest BCUT2D eigenvalue weighted by Crippen LogP contribution is 2.30. The van der Waals surface area contributed by atoms with Gasteiger partial charge in [-0.1, -0.05) is 106 Å². The summed E-state index contributed by atoms with van der Waals surface area (Å²) in [5.41, 5.74) is 2.90. The van der Waals surface area contributed by atoms with Crippen molar-refractivity contribution in [1.82, 2.24) is 0 Å². The molecular formula is C22H29ClSi. The minimum atomic E-state index is 0.539. The van der Waals surface area contributed by atoms with E-state index in [9.17, 15) is 0 Å². The number of benzene rings is 2. The maximum Gasteiger partial charge on any atom is 0.171 e. The molecule has 0 atom stereocenters. The van der Waals surface area contributed by atoms with Crippen LogP contribution in [0.5, 0.6) is 0 Å². The zero-order valence-corrected chi connectivity index (χ0v) is 16.3. The Morgan fingerprint density at radius 3 is 1.58 bits per heavy atom. The van der Waals surface area contributed by atoms with Crippen molar-refractivity contribution in [2.24, 2.45) is 0 Å². The second kappa shape index (κ2) is 12.3. The van der Waals surface area contributed by atoms with Crippen LogP contribution in [-0.4, -0.2) is 8.83 Å². The molecule has 128 valence electrons. The predicted octanol–water partition coefficient (Wildman–Crippen LogP) is 7.22. The molecule has 0 heterocycles. The summed E-state index contributed by atoms with van der Waals surface area (Å²) < 4.78 is 0. The minimum Gasteiger partial charge on any atom is -0.171 e. The molecule has 0 nitrogen and oxygen atoms in total. The first kappa shape index (κ1) is 19.3. The quantitative estimate of drug-likeness (QED) is 0.214. The van der Waals surface area contributed by atoms with Gasteiger partial charge in [0.15, 0.2) is 8.83 Å². The molecular weight excluding hydrogens is 328 g/mol. The van der Waals surface area contributed by atoms with Gasteiger partial charge in [0.1, 0.15) is 0 Å². The van der Waals surface area contributed by atoms with Gasteiger partial charge in [-0.05, 0) is 23.6 Å². The lowest BCUT2D eigenvalue weighted by Crippen LogP contribution is -2.01. The van der Waals surface area contributed by atoms with Crippen molar-refractivity contribution in [2.45, 2.75) is 63.3 Å². The molecule has 0 aromatic heterocycles. The van der Waals surface area contributed by atoms with Gasteiger partial charge in [-0.25, -0.2) is 0 Å². The highest BCUT2D eigenvalue weighted by atomic mass is 35.6. The van der Waals surface area contributed by atoms with Crippen LogP contribution in [0.15, 0.2) is 60.7 Å². The first-order valence-electron chi connectivity index (χ1n) is 9.35. The first-order chi connectivity index (χ1) is 11.9. The Morgan fingerprint density at radius 1 is 0.625 bits per heavy atom. The Kier molecular flexibility index (Phi) is 9.90. The van der Waals surface area contributed by atoms with E-state index in [1.165, 1.54) is 68.5 Å². The molecule has 0 saturated heterocycles. The molecule has 0 spiro atoms. The average Bonchev–Trinajstić information content (AvgIpc) is 2.65. The van der Waals surface area contributed by atoms with Crippen molar-refractivity contribution in [3.05, 3.63) is 71.8 Å². The number of hydrogen-bond acceptors (Lipinski definition) is 0. The lowest BCUT2D eigenvalue weighted by Gasteiger charge is -2.18. The van der Waals surface area contributed by atoms with Crippen LogP contribution in [0.25, 0.3) is 0 Å². The Balaban J connectivity index is 1.74. The molecule has 0 fully saturated rings. The molecule has 24 heavy (non-hydrogen) atoms. The van der Waals surface area contributed by atoms with E-state index in [0.29, 0.717) is 14.7 Å². The highest BCUT2D eigenvalue weighted by molar-refractivity contribution is 6.93. The molecule has 2 aromatic carbocycles. The summed E-state index contributed by atoms with van der Waals surface area (Å²) in [6, 6.07) is 23.2. The monoisotopic (exact) mass is 356 g/mol. The van der Waals surface area contributed by atoms with Gasteiger partial charge in [-0.15, -0.1) is 0 Å². The smallest absolute Gasteiger partial charge is 0.171 e. The fraction of sp³-hybridized carbons (Fsp3) is 0.455. The van der Waals surface area contributed by atoms with E-state index in [0.717, 1.165) is 0 Å². The van der Waals surface area contributed by atoms with E-state index in [1.54, 1.807) is 0 Å². The van der Waals surface area contributed by atoms with E-state index >= 15 is 0 Å². The van der Waals surface area contributed by atoms with Crippen LogP contribution >= 0.6 is 11.1 Å². The standard InChI is InChI=1S/C22H29ClSi/c23-24-19-13-5-3-1-2-4-12-18-22(20-14-8-6-9-15-20)21-16-10-7-11-17-21/h6-11,14-17,22H,1-5,12-13,18-19H2. The largest absolute Gasteiger partial charge is 0.171 e. The van der Waals surface area contributed by atoms with Crippen molar-refractivity contribution in [3.8, 4) is 0 Å². The van der Waals surface area contributed by atoms with E-state index < -0.39 is 0 Å². The summed E-state index contributed by atoms with van der Waals surface area (Å²) in [6.07, 6.45) is 10.7. The molecule has 0 aliphatic carbocycles. The van der Waals surface area contributed by atoms with Crippen LogP contribution in [0, 0.1) is 0 Å². The number of halogens is 1. The summed E-state index contributed by atoms with van der Waals surface area (Å²) in [5, 5.41) is 0. The fourth-order valence-corrected chi connectivity index (χ4v) is 4.11. The molecule has 0 amide bonds. The van der Waals surface area contributed by atoms with E-state index in [1.807, 2.05) is 0 Å². The molecule has 0 aliphatic rings. The number of rotatable bonds is 12. The van der Waals surface area contributed by atoms with Gasteiger partial charge in [0, 0.05) is 5.92 Å². The van der Waals surface area contributed by atoms with E-state index in [2.05, 4.69) is 60.7 Å². The van der Waals surface area contributed by atoms with Crippen molar-refractivity contribution >= 4 is 19.9 Å². The molecule has 2 radical (unpaired) electrons. The average molecular weight is 357 g/mol. The Bertz CT molecular complexity index is 487. The summed E-state index contributed by atoms with van der Waals surface area (Å²) in [4.78, 5) is 0.